The maximum Gasteiger partial charge on any atom is 0.256 e. The molecule has 9 nitrogen and oxygen atoms in total. The molecule has 0 bridgehead atoms. The highest BCUT2D eigenvalue weighted by molar-refractivity contribution is 7.89. The molecule has 190 valence electrons. The molecule has 2 aromatic carbocycles. The molecule has 0 saturated carbocycles. The van der Waals surface area contributed by atoms with Crippen LogP contribution >= 0.6 is 0 Å². The first kappa shape index (κ1) is 24.4. The minimum Gasteiger partial charge on any atom is -0.369 e. The Bertz CT molecular complexity index is 1400. The molecular weight excluding hydrogens is 483 g/mol. The maximum atomic E-state index is 14.4. The molecule has 1 aromatic heterocycles. The van der Waals surface area contributed by atoms with Crippen molar-refractivity contribution in [2.45, 2.75) is 30.8 Å². The van der Waals surface area contributed by atoms with E-state index in [0.29, 0.717) is 16.8 Å². The van der Waals surface area contributed by atoms with Crippen molar-refractivity contribution in [3.8, 4) is 0 Å². The minimum atomic E-state index is -4.14. The first-order valence-electron chi connectivity index (χ1n) is 11.8. The second-order valence-corrected chi connectivity index (χ2v) is 11.5. The van der Waals surface area contributed by atoms with E-state index in [9.17, 15) is 17.6 Å². The number of sulfonamides is 1. The number of piperazine rings is 1. The Morgan fingerprint density at radius 2 is 1.72 bits per heavy atom. The summed E-state index contributed by atoms with van der Waals surface area (Å²) in [5, 5.41) is 9.93. The molecule has 3 heterocycles. The fourth-order valence-electron chi connectivity index (χ4n) is 4.82. The van der Waals surface area contributed by atoms with Crippen molar-refractivity contribution in [2.24, 2.45) is 0 Å². The van der Waals surface area contributed by atoms with Crippen LogP contribution in [0.25, 0.3) is 0 Å². The number of likely N-dealkylation sites (N-methyl/N-ethyl adjacent to an activating group) is 1. The number of benzene rings is 2. The van der Waals surface area contributed by atoms with Crippen LogP contribution in [0.15, 0.2) is 53.4 Å². The van der Waals surface area contributed by atoms with Crippen LogP contribution in [-0.4, -0.2) is 67.0 Å². The van der Waals surface area contributed by atoms with E-state index in [1.807, 2.05) is 12.1 Å². The van der Waals surface area contributed by atoms with Crippen molar-refractivity contribution in [3.05, 3.63) is 71.2 Å². The van der Waals surface area contributed by atoms with Gasteiger partial charge in [-0.3, -0.25) is 9.89 Å². The lowest BCUT2D eigenvalue weighted by atomic mass is 10.0. The highest BCUT2D eigenvalue weighted by Crippen LogP contribution is 2.44. The van der Waals surface area contributed by atoms with E-state index in [2.05, 4.69) is 32.4 Å². The van der Waals surface area contributed by atoms with Gasteiger partial charge in [-0.1, -0.05) is 12.1 Å². The molecule has 2 N–H and O–H groups in total. The van der Waals surface area contributed by atoms with Gasteiger partial charge in [0.2, 0.25) is 10.0 Å². The fraction of sp³-hybridized carbons (Fsp3) is 0.360. The number of rotatable bonds is 5. The number of H-pyrrole nitrogens is 1. The average molecular weight is 513 g/mol. The van der Waals surface area contributed by atoms with E-state index in [4.69, 9.17) is 0 Å². The Hall–Kier alpha value is -3.28. The number of anilines is 2. The predicted molar refractivity (Wildman–Crippen MR) is 135 cm³/mol. The quantitative estimate of drug-likeness (QED) is 0.545. The topological polar surface area (TPSA) is 102 Å². The zero-order chi connectivity index (χ0) is 25.7. The standard InChI is InChI=1S/C25H29FN6O3S/c1-25(2)22-19(16-32(25)36(34,35)21-7-5-4-6-20(21)26)23(29-28-22)27-24(33)17-8-10-18(11-9-17)31-14-12-30(3)13-15-31/h4-11H,12-16H2,1-3H3,(H2,27,28,29,33). The number of aromatic nitrogens is 2. The van der Waals surface area contributed by atoms with Gasteiger partial charge in [0.25, 0.3) is 5.91 Å². The second kappa shape index (κ2) is 8.99. The Morgan fingerprint density at radius 1 is 1.06 bits per heavy atom. The molecule has 1 amide bonds. The summed E-state index contributed by atoms with van der Waals surface area (Å²) in [6.07, 6.45) is 0. The summed E-state index contributed by atoms with van der Waals surface area (Å²) in [5.41, 5.74) is 1.63. The van der Waals surface area contributed by atoms with Gasteiger partial charge < -0.3 is 15.1 Å². The zero-order valence-electron chi connectivity index (χ0n) is 20.5. The Balaban J connectivity index is 1.34. The van der Waals surface area contributed by atoms with Crippen molar-refractivity contribution < 1.29 is 17.6 Å². The van der Waals surface area contributed by atoms with E-state index in [0.717, 1.165) is 37.9 Å². The number of fused-ring (bicyclic) bond motifs is 1. The van der Waals surface area contributed by atoms with Gasteiger partial charge in [-0.25, -0.2) is 12.8 Å². The minimum absolute atomic E-state index is 0.0482. The van der Waals surface area contributed by atoms with Crippen LogP contribution < -0.4 is 10.2 Å². The summed E-state index contributed by atoms with van der Waals surface area (Å²) in [6, 6.07) is 12.7. The van der Waals surface area contributed by atoms with Crippen LogP contribution in [0, 0.1) is 5.82 Å². The monoisotopic (exact) mass is 512 g/mol. The third kappa shape index (κ3) is 4.16. The van der Waals surface area contributed by atoms with Gasteiger partial charge >= 0.3 is 0 Å². The molecular formula is C25H29FN6O3S. The van der Waals surface area contributed by atoms with Crippen molar-refractivity contribution >= 4 is 27.4 Å². The summed E-state index contributed by atoms with van der Waals surface area (Å²) in [4.78, 5) is 17.2. The van der Waals surface area contributed by atoms with Crippen LogP contribution in [0.4, 0.5) is 15.9 Å². The van der Waals surface area contributed by atoms with Crippen LogP contribution in [-0.2, 0) is 22.1 Å². The van der Waals surface area contributed by atoms with E-state index >= 15 is 0 Å². The number of hydrogen-bond acceptors (Lipinski definition) is 6. The molecule has 1 saturated heterocycles. The molecule has 2 aliphatic rings. The van der Waals surface area contributed by atoms with Gasteiger partial charge in [0.15, 0.2) is 5.82 Å². The molecule has 3 aromatic rings. The smallest absolute Gasteiger partial charge is 0.256 e. The molecule has 0 unspecified atom stereocenters. The molecule has 0 aliphatic carbocycles. The van der Waals surface area contributed by atoms with Crippen LogP contribution in [0.3, 0.4) is 0 Å². The van der Waals surface area contributed by atoms with E-state index in [1.165, 1.54) is 22.5 Å². The van der Waals surface area contributed by atoms with Gasteiger partial charge in [-0.2, -0.15) is 9.40 Å². The first-order chi connectivity index (χ1) is 17.1. The van der Waals surface area contributed by atoms with Gasteiger partial charge in [0.1, 0.15) is 10.7 Å². The van der Waals surface area contributed by atoms with E-state index < -0.39 is 21.4 Å². The fourth-order valence-corrected chi connectivity index (χ4v) is 6.61. The molecule has 0 spiro atoms. The number of nitrogens with one attached hydrogen (secondary N) is 2. The Labute approximate surface area is 209 Å². The third-order valence-corrected chi connectivity index (χ3v) is 9.09. The Kier molecular flexibility index (Phi) is 6.09. The average Bonchev–Trinajstić information content (AvgIpc) is 3.38. The van der Waals surface area contributed by atoms with Crippen LogP contribution in [0.5, 0.6) is 0 Å². The van der Waals surface area contributed by atoms with Gasteiger partial charge in [0, 0.05) is 49.5 Å². The number of hydrogen-bond donors (Lipinski definition) is 2. The molecule has 0 atom stereocenters. The lowest BCUT2D eigenvalue weighted by molar-refractivity contribution is 0.102. The zero-order valence-corrected chi connectivity index (χ0v) is 21.3. The molecule has 5 rings (SSSR count). The van der Waals surface area contributed by atoms with E-state index in [-0.39, 0.29) is 23.2 Å². The molecule has 0 radical (unpaired) electrons. The molecule has 11 heteroatoms. The van der Waals surface area contributed by atoms with Crippen molar-refractivity contribution in [1.29, 1.82) is 0 Å². The highest BCUT2D eigenvalue weighted by atomic mass is 32.2. The summed E-state index contributed by atoms with van der Waals surface area (Å²) in [6.45, 7) is 7.25. The van der Waals surface area contributed by atoms with Gasteiger partial charge in [-0.05, 0) is 57.3 Å². The first-order valence-corrected chi connectivity index (χ1v) is 13.2. The lowest BCUT2D eigenvalue weighted by Crippen LogP contribution is -2.44. The van der Waals surface area contributed by atoms with Crippen LogP contribution in [0.1, 0.15) is 35.5 Å². The lowest BCUT2D eigenvalue weighted by Gasteiger charge is -2.34. The van der Waals surface area contributed by atoms with Crippen molar-refractivity contribution in [3.63, 3.8) is 0 Å². The summed E-state index contributed by atoms with van der Waals surface area (Å²) in [7, 11) is -2.04. The third-order valence-electron chi connectivity index (χ3n) is 7.04. The summed E-state index contributed by atoms with van der Waals surface area (Å²) < 4.78 is 42.2. The maximum absolute atomic E-state index is 14.4. The SMILES string of the molecule is CN1CCN(c2ccc(C(=O)Nc3n[nH]c4c3CN(S(=O)(=O)c3ccccc3F)C4(C)C)cc2)CC1. The van der Waals surface area contributed by atoms with Gasteiger partial charge in [0.05, 0.1) is 11.2 Å². The highest BCUT2D eigenvalue weighted by Gasteiger charge is 2.48. The second-order valence-electron chi connectivity index (χ2n) is 9.72. The number of carbonyl (C=O) groups excluding carboxylic acids is 1. The van der Waals surface area contributed by atoms with Crippen LogP contribution in [0.2, 0.25) is 0 Å². The number of halogens is 1. The normalized spacial score (nSPS) is 18.3. The number of carbonyl (C=O) groups is 1. The van der Waals surface area contributed by atoms with Crippen molar-refractivity contribution in [1.82, 2.24) is 19.4 Å². The molecule has 2 aliphatic heterocycles. The van der Waals surface area contributed by atoms with E-state index in [1.54, 1.807) is 26.0 Å². The number of nitrogens with zero attached hydrogens (tertiary/aromatic N) is 4. The largest absolute Gasteiger partial charge is 0.369 e. The summed E-state index contributed by atoms with van der Waals surface area (Å²) in [5.74, 6) is -0.893. The molecule has 1 fully saturated rings. The number of aromatic amines is 1. The number of amides is 1. The molecule has 36 heavy (non-hydrogen) atoms. The summed E-state index contributed by atoms with van der Waals surface area (Å²) >= 11 is 0. The predicted octanol–water partition coefficient (Wildman–Crippen LogP) is 2.99. The van der Waals surface area contributed by atoms with Crippen molar-refractivity contribution in [2.75, 3.05) is 43.4 Å². The van der Waals surface area contributed by atoms with Gasteiger partial charge in [-0.15, -0.1) is 0 Å². The Morgan fingerprint density at radius 3 is 2.39 bits per heavy atom.